The summed E-state index contributed by atoms with van der Waals surface area (Å²) >= 11 is 0. The number of allylic oxidation sites excluding steroid dienone is 1. The number of hydrogen-bond donors (Lipinski definition) is 4. The minimum atomic E-state index is -4.33. The Hall–Kier alpha value is -0.760. The normalized spacial score (nSPS) is 14.1. The number of phosphoric ester groups is 1. The van der Waals surface area contributed by atoms with Gasteiger partial charge >= 0.3 is 7.82 Å². The van der Waals surface area contributed by atoms with Crippen molar-refractivity contribution in [1.82, 2.24) is 5.32 Å². The molecule has 0 spiro atoms. The maximum Gasteiger partial charge on any atom is 0.472 e. The first kappa shape index (κ1) is 53.2. The number of nitrogens with two attached hydrogens (primary N) is 1. The van der Waals surface area contributed by atoms with Gasteiger partial charge in [-0.25, -0.2) is 4.57 Å². The summed E-state index contributed by atoms with van der Waals surface area (Å²) in [6, 6.07) is -0.854. The van der Waals surface area contributed by atoms with E-state index in [1.165, 1.54) is 180 Å². The van der Waals surface area contributed by atoms with Gasteiger partial charge in [0.2, 0.25) is 5.91 Å². The lowest BCUT2D eigenvalue weighted by Gasteiger charge is -2.23. The zero-order valence-electron chi connectivity index (χ0n) is 35.7. The fraction of sp³-hybridized carbons (Fsp3) is 0.933. The molecule has 0 saturated heterocycles. The van der Waals surface area contributed by atoms with Crippen LogP contribution in [0.3, 0.4) is 0 Å². The Kier molecular flexibility index (Phi) is 41.3. The van der Waals surface area contributed by atoms with E-state index in [-0.39, 0.29) is 25.7 Å². The molecule has 322 valence electrons. The number of aliphatic hydroxyl groups is 1. The highest BCUT2D eigenvalue weighted by atomic mass is 31.2. The number of nitrogens with one attached hydrogen (secondary N) is 1. The molecule has 9 heteroatoms. The van der Waals surface area contributed by atoms with Gasteiger partial charge in [-0.1, -0.05) is 225 Å². The van der Waals surface area contributed by atoms with Crippen LogP contribution in [0.15, 0.2) is 12.2 Å². The molecular formula is C45H91N2O6P. The third-order valence-corrected chi connectivity index (χ3v) is 11.6. The Bertz CT molecular complexity index is 860. The van der Waals surface area contributed by atoms with Crippen molar-refractivity contribution in [3.8, 4) is 0 Å². The molecule has 0 aromatic rings. The lowest BCUT2D eigenvalue weighted by molar-refractivity contribution is -0.123. The fourth-order valence-corrected chi connectivity index (χ4v) is 7.83. The smallest absolute Gasteiger partial charge is 0.387 e. The molecule has 54 heavy (non-hydrogen) atoms. The van der Waals surface area contributed by atoms with Crippen molar-refractivity contribution in [2.75, 3.05) is 19.8 Å². The number of carbonyl (C=O) groups is 1. The molecule has 8 nitrogen and oxygen atoms in total. The van der Waals surface area contributed by atoms with Gasteiger partial charge in [0, 0.05) is 13.0 Å². The van der Waals surface area contributed by atoms with Crippen LogP contribution in [0, 0.1) is 0 Å². The molecule has 0 aliphatic rings. The third-order valence-electron chi connectivity index (χ3n) is 10.6. The zero-order chi connectivity index (χ0) is 39.6. The number of rotatable bonds is 44. The maximum absolute atomic E-state index is 12.8. The molecule has 3 atom stereocenters. The van der Waals surface area contributed by atoms with E-state index in [4.69, 9.17) is 14.8 Å². The molecule has 0 radical (unpaired) electrons. The lowest BCUT2D eigenvalue weighted by Crippen LogP contribution is -2.45. The van der Waals surface area contributed by atoms with Crippen molar-refractivity contribution in [3.05, 3.63) is 12.2 Å². The molecule has 0 saturated carbocycles. The summed E-state index contributed by atoms with van der Waals surface area (Å²) < 4.78 is 22.2. The van der Waals surface area contributed by atoms with Crippen LogP contribution in [0.25, 0.3) is 0 Å². The highest BCUT2D eigenvalue weighted by molar-refractivity contribution is 7.47. The molecule has 0 aromatic heterocycles. The first-order valence-electron chi connectivity index (χ1n) is 23.3. The summed E-state index contributed by atoms with van der Waals surface area (Å²) in [7, 11) is -4.33. The van der Waals surface area contributed by atoms with E-state index in [2.05, 4.69) is 19.2 Å². The van der Waals surface area contributed by atoms with Crippen LogP contribution < -0.4 is 11.1 Å². The average molecular weight is 787 g/mol. The number of aliphatic hydroxyl groups excluding tert-OH is 1. The molecule has 0 aliphatic heterocycles. The van der Waals surface area contributed by atoms with Crippen molar-refractivity contribution in [2.24, 2.45) is 5.73 Å². The maximum atomic E-state index is 12.8. The van der Waals surface area contributed by atoms with E-state index in [0.29, 0.717) is 6.42 Å². The second-order valence-electron chi connectivity index (χ2n) is 16.0. The first-order chi connectivity index (χ1) is 26.4. The van der Waals surface area contributed by atoms with E-state index in [1.54, 1.807) is 6.08 Å². The van der Waals surface area contributed by atoms with Gasteiger partial charge in [0.1, 0.15) is 0 Å². The summed E-state index contributed by atoms with van der Waals surface area (Å²) in [5, 5.41) is 13.7. The SMILES string of the molecule is CCCCCCCCCCCCCCCCCC/C=C/C(O)C(COP(=O)(O)OCCN)NC(=O)CCCCCCCCCCCCCCCCCCC. The van der Waals surface area contributed by atoms with Gasteiger partial charge in [-0.15, -0.1) is 0 Å². The van der Waals surface area contributed by atoms with Gasteiger partial charge in [-0.05, 0) is 19.3 Å². The topological polar surface area (TPSA) is 131 Å². The third kappa shape index (κ3) is 39.5. The molecule has 0 fully saturated rings. The number of phosphoric acid groups is 1. The van der Waals surface area contributed by atoms with Crippen molar-refractivity contribution in [3.63, 3.8) is 0 Å². The van der Waals surface area contributed by atoms with Crippen molar-refractivity contribution < 1.29 is 28.4 Å². The predicted octanol–water partition coefficient (Wildman–Crippen LogP) is 13.2. The van der Waals surface area contributed by atoms with E-state index in [1.807, 2.05) is 6.08 Å². The summed E-state index contributed by atoms with van der Waals surface area (Å²) in [4.78, 5) is 22.7. The molecule has 0 aromatic carbocycles. The summed E-state index contributed by atoms with van der Waals surface area (Å²) in [5.41, 5.74) is 5.38. The fourth-order valence-electron chi connectivity index (χ4n) is 7.07. The second-order valence-corrected chi connectivity index (χ2v) is 17.4. The number of hydrogen-bond acceptors (Lipinski definition) is 6. The van der Waals surface area contributed by atoms with Gasteiger partial charge in [-0.3, -0.25) is 13.8 Å². The standard InChI is InChI=1S/C45H91N2O6P/c1-3-5-7-9-11-13-15-17-19-21-23-24-26-28-30-32-34-36-38-44(48)43(42-53-54(50,51)52-41-40-46)47-45(49)39-37-35-33-31-29-27-25-22-20-18-16-14-12-10-8-6-4-2/h36,38,43-44,48H,3-35,37,39-42,46H2,1-2H3,(H,47,49)(H,50,51)/b38-36+. The Balaban J connectivity index is 4.14. The van der Waals surface area contributed by atoms with Crippen LogP contribution in [0.1, 0.15) is 239 Å². The second kappa shape index (κ2) is 41.9. The van der Waals surface area contributed by atoms with E-state index < -0.39 is 20.0 Å². The lowest BCUT2D eigenvalue weighted by atomic mass is 10.0. The summed E-state index contributed by atoms with van der Waals surface area (Å²) in [5.74, 6) is -0.189. The molecule has 0 bridgehead atoms. The number of amides is 1. The minimum absolute atomic E-state index is 0.0815. The molecule has 3 unspecified atom stereocenters. The quantitative estimate of drug-likeness (QED) is 0.0275. The highest BCUT2D eigenvalue weighted by Gasteiger charge is 2.26. The Morgan fingerprint density at radius 2 is 0.944 bits per heavy atom. The molecule has 1 amide bonds. The number of unbranched alkanes of at least 4 members (excludes halogenated alkanes) is 32. The zero-order valence-corrected chi connectivity index (χ0v) is 36.6. The molecule has 0 aliphatic carbocycles. The Morgan fingerprint density at radius 1 is 0.593 bits per heavy atom. The monoisotopic (exact) mass is 787 g/mol. The van der Waals surface area contributed by atoms with Gasteiger partial charge in [0.15, 0.2) is 0 Å². The van der Waals surface area contributed by atoms with E-state index in [0.717, 1.165) is 38.5 Å². The predicted molar refractivity (Wildman–Crippen MR) is 231 cm³/mol. The van der Waals surface area contributed by atoms with Crippen molar-refractivity contribution in [2.45, 2.75) is 251 Å². The first-order valence-corrected chi connectivity index (χ1v) is 24.8. The molecule has 0 rings (SSSR count). The Morgan fingerprint density at radius 3 is 1.31 bits per heavy atom. The average Bonchev–Trinajstić information content (AvgIpc) is 3.16. The summed E-state index contributed by atoms with van der Waals surface area (Å²) in [6.45, 7) is 4.17. The number of carbonyl (C=O) groups excluding carboxylic acids is 1. The van der Waals surface area contributed by atoms with E-state index in [9.17, 15) is 19.4 Å². The summed E-state index contributed by atoms with van der Waals surface area (Å²) in [6.07, 6.45) is 46.9. The molecule has 0 heterocycles. The van der Waals surface area contributed by atoms with Gasteiger partial charge in [-0.2, -0.15) is 0 Å². The van der Waals surface area contributed by atoms with Crippen LogP contribution in [-0.2, 0) is 18.4 Å². The van der Waals surface area contributed by atoms with Crippen molar-refractivity contribution in [1.29, 1.82) is 0 Å². The highest BCUT2D eigenvalue weighted by Crippen LogP contribution is 2.43. The van der Waals surface area contributed by atoms with Crippen LogP contribution in [-0.4, -0.2) is 47.8 Å². The van der Waals surface area contributed by atoms with Crippen LogP contribution in [0.4, 0.5) is 0 Å². The molecular weight excluding hydrogens is 695 g/mol. The van der Waals surface area contributed by atoms with Crippen LogP contribution in [0.2, 0.25) is 0 Å². The van der Waals surface area contributed by atoms with E-state index >= 15 is 0 Å². The van der Waals surface area contributed by atoms with Gasteiger partial charge < -0.3 is 21.1 Å². The van der Waals surface area contributed by atoms with Crippen molar-refractivity contribution >= 4 is 13.7 Å². The van der Waals surface area contributed by atoms with Crippen LogP contribution in [0.5, 0.6) is 0 Å². The Labute approximate surface area is 335 Å². The van der Waals surface area contributed by atoms with Gasteiger partial charge in [0.05, 0.1) is 25.4 Å². The van der Waals surface area contributed by atoms with Crippen LogP contribution >= 0.6 is 7.82 Å². The minimum Gasteiger partial charge on any atom is -0.387 e. The largest absolute Gasteiger partial charge is 0.472 e. The van der Waals surface area contributed by atoms with Gasteiger partial charge in [0.25, 0.3) is 0 Å². The molecule has 5 N–H and O–H groups in total.